The molecular formula is C19H20N2O. The van der Waals surface area contributed by atoms with Gasteiger partial charge >= 0.3 is 0 Å². The number of amides is 1. The van der Waals surface area contributed by atoms with Gasteiger partial charge in [0.25, 0.3) is 5.91 Å². The van der Waals surface area contributed by atoms with E-state index in [-0.39, 0.29) is 11.9 Å². The van der Waals surface area contributed by atoms with Crippen LogP contribution in [0.4, 0.5) is 0 Å². The first-order chi connectivity index (χ1) is 10.7. The van der Waals surface area contributed by atoms with Crippen molar-refractivity contribution in [3.63, 3.8) is 0 Å². The summed E-state index contributed by atoms with van der Waals surface area (Å²) in [6.45, 7) is 4.69. The highest BCUT2D eigenvalue weighted by Gasteiger charge is 2.27. The van der Waals surface area contributed by atoms with Crippen molar-refractivity contribution in [2.24, 2.45) is 0 Å². The Kier molecular flexibility index (Phi) is 4.05. The van der Waals surface area contributed by atoms with Gasteiger partial charge < -0.3 is 4.90 Å². The van der Waals surface area contributed by atoms with E-state index in [1.54, 1.807) is 6.20 Å². The molecule has 3 nitrogen and oxygen atoms in total. The zero-order valence-electron chi connectivity index (χ0n) is 13.0. The Bertz CT molecular complexity index is 707. The summed E-state index contributed by atoms with van der Waals surface area (Å²) in [5.41, 5.74) is 3.51. The van der Waals surface area contributed by atoms with Crippen LogP contribution < -0.4 is 0 Å². The smallest absolute Gasteiger partial charge is 0.257 e. The molecule has 0 fully saturated rings. The fourth-order valence-corrected chi connectivity index (χ4v) is 3.00. The van der Waals surface area contributed by atoms with Crippen LogP contribution >= 0.6 is 0 Å². The molecule has 0 aliphatic carbocycles. The van der Waals surface area contributed by atoms with Gasteiger partial charge in [-0.15, -0.1) is 0 Å². The van der Waals surface area contributed by atoms with Crippen LogP contribution in [0.25, 0.3) is 11.1 Å². The summed E-state index contributed by atoms with van der Waals surface area (Å²) in [7, 11) is 0. The van der Waals surface area contributed by atoms with E-state index < -0.39 is 0 Å². The van der Waals surface area contributed by atoms with E-state index in [0.29, 0.717) is 6.54 Å². The minimum atomic E-state index is 0.0707. The normalized spacial score (nSPS) is 17.0. The number of benzene rings is 1. The van der Waals surface area contributed by atoms with Gasteiger partial charge in [-0.25, -0.2) is 0 Å². The van der Waals surface area contributed by atoms with Crippen molar-refractivity contribution < 1.29 is 4.79 Å². The molecule has 0 saturated heterocycles. The van der Waals surface area contributed by atoms with Gasteiger partial charge in [0.2, 0.25) is 0 Å². The van der Waals surface area contributed by atoms with Gasteiger partial charge in [0.15, 0.2) is 0 Å². The quantitative estimate of drug-likeness (QED) is 0.805. The summed E-state index contributed by atoms with van der Waals surface area (Å²) in [6, 6.07) is 12.2. The van der Waals surface area contributed by atoms with E-state index in [4.69, 9.17) is 0 Å². The summed E-state index contributed by atoms with van der Waals surface area (Å²) >= 11 is 0. The number of rotatable bonds is 3. The lowest BCUT2D eigenvalue weighted by molar-refractivity contribution is 0.0747. The van der Waals surface area contributed by atoms with Crippen molar-refractivity contribution in [1.82, 2.24) is 9.88 Å². The molecule has 112 valence electrons. The van der Waals surface area contributed by atoms with Crippen LogP contribution in [0.5, 0.6) is 0 Å². The zero-order chi connectivity index (χ0) is 15.5. The predicted molar refractivity (Wildman–Crippen MR) is 88.7 cm³/mol. The highest BCUT2D eigenvalue weighted by molar-refractivity contribution is 6.02. The van der Waals surface area contributed by atoms with Crippen molar-refractivity contribution in [1.29, 1.82) is 0 Å². The lowest BCUT2D eigenvalue weighted by Crippen LogP contribution is -2.36. The summed E-state index contributed by atoms with van der Waals surface area (Å²) in [5, 5.41) is 0. The zero-order valence-corrected chi connectivity index (χ0v) is 13.0. The Morgan fingerprint density at radius 2 is 2.05 bits per heavy atom. The molecule has 1 amide bonds. The standard InChI is InChI=1S/C19H20N2O/c1-3-16-10-7-13-21(16)19(22)18-14(2)20-12-11-17(18)15-8-5-4-6-9-15/h4-12,16H,3,13H2,1-2H3/t16-/m0/s1. The molecular weight excluding hydrogens is 272 g/mol. The molecule has 1 aliphatic rings. The number of carbonyl (C=O) groups is 1. The van der Waals surface area contributed by atoms with Crippen molar-refractivity contribution in [3.05, 3.63) is 66.0 Å². The summed E-state index contributed by atoms with van der Waals surface area (Å²) in [4.78, 5) is 19.3. The minimum absolute atomic E-state index is 0.0707. The number of hydrogen-bond donors (Lipinski definition) is 0. The van der Waals surface area contributed by atoms with Crippen LogP contribution in [0.15, 0.2) is 54.7 Å². The maximum atomic E-state index is 13.1. The highest BCUT2D eigenvalue weighted by Crippen LogP contribution is 2.28. The van der Waals surface area contributed by atoms with Crippen molar-refractivity contribution in [3.8, 4) is 11.1 Å². The molecule has 3 heteroatoms. The average Bonchev–Trinajstić information content (AvgIpc) is 3.03. The number of nitrogens with zero attached hydrogens (tertiary/aromatic N) is 2. The van der Waals surface area contributed by atoms with Gasteiger partial charge in [0, 0.05) is 12.7 Å². The van der Waals surface area contributed by atoms with Crippen LogP contribution in [0.1, 0.15) is 29.4 Å². The number of aryl methyl sites for hydroxylation is 1. The van der Waals surface area contributed by atoms with Gasteiger partial charge in [0.1, 0.15) is 0 Å². The molecule has 2 heterocycles. The highest BCUT2D eigenvalue weighted by atomic mass is 16.2. The SMILES string of the molecule is CC[C@H]1C=CCN1C(=O)c1c(-c2ccccc2)ccnc1C. The van der Waals surface area contributed by atoms with Gasteiger partial charge in [-0.05, 0) is 30.5 Å². The van der Waals surface area contributed by atoms with Crippen molar-refractivity contribution >= 4 is 5.91 Å². The van der Waals surface area contributed by atoms with Crippen molar-refractivity contribution in [2.75, 3.05) is 6.54 Å². The second kappa shape index (κ2) is 6.14. The molecule has 2 aromatic rings. The lowest BCUT2D eigenvalue weighted by Gasteiger charge is -2.25. The number of pyridine rings is 1. The Hall–Kier alpha value is -2.42. The van der Waals surface area contributed by atoms with E-state index in [2.05, 4.69) is 24.1 Å². The van der Waals surface area contributed by atoms with E-state index in [1.807, 2.05) is 48.2 Å². The van der Waals surface area contributed by atoms with Gasteiger partial charge in [-0.1, -0.05) is 49.4 Å². The average molecular weight is 292 g/mol. The molecule has 0 spiro atoms. The Labute approximate surface area is 131 Å². The molecule has 0 unspecified atom stereocenters. The van der Waals surface area contributed by atoms with Crippen LogP contribution in [-0.4, -0.2) is 28.4 Å². The fourth-order valence-electron chi connectivity index (χ4n) is 3.00. The molecule has 1 atom stereocenters. The van der Waals surface area contributed by atoms with E-state index in [0.717, 1.165) is 28.8 Å². The summed E-state index contributed by atoms with van der Waals surface area (Å²) in [5.74, 6) is 0.0707. The maximum Gasteiger partial charge on any atom is 0.257 e. The number of carbonyl (C=O) groups excluding carboxylic acids is 1. The van der Waals surface area contributed by atoms with Gasteiger partial charge in [0.05, 0.1) is 17.3 Å². The third-order valence-electron chi connectivity index (χ3n) is 4.18. The number of hydrogen-bond acceptors (Lipinski definition) is 2. The largest absolute Gasteiger partial charge is 0.328 e. The topological polar surface area (TPSA) is 33.2 Å². The van der Waals surface area contributed by atoms with E-state index >= 15 is 0 Å². The maximum absolute atomic E-state index is 13.1. The third-order valence-corrected chi connectivity index (χ3v) is 4.18. The number of aromatic nitrogens is 1. The molecule has 1 aromatic carbocycles. The van der Waals surface area contributed by atoms with Crippen LogP contribution in [-0.2, 0) is 0 Å². The second-order valence-electron chi connectivity index (χ2n) is 5.55. The first kappa shape index (κ1) is 14.5. The molecule has 22 heavy (non-hydrogen) atoms. The van der Waals surface area contributed by atoms with Crippen LogP contribution in [0.3, 0.4) is 0 Å². The van der Waals surface area contributed by atoms with Crippen LogP contribution in [0, 0.1) is 6.92 Å². The lowest BCUT2D eigenvalue weighted by atomic mass is 9.98. The summed E-state index contributed by atoms with van der Waals surface area (Å²) in [6.07, 6.45) is 6.89. The molecule has 0 N–H and O–H groups in total. The molecule has 0 saturated carbocycles. The Balaban J connectivity index is 2.05. The monoisotopic (exact) mass is 292 g/mol. The molecule has 1 aliphatic heterocycles. The fraction of sp³-hybridized carbons (Fsp3) is 0.263. The van der Waals surface area contributed by atoms with Gasteiger partial charge in [-0.3, -0.25) is 9.78 Å². The Morgan fingerprint density at radius 1 is 1.27 bits per heavy atom. The van der Waals surface area contributed by atoms with Crippen molar-refractivity contribution in [2.45, 2.75) is 26.3 Å². The molecule has 0 radical (unpaired) electrons. The first-order valence-corrected chi connectivity index (χ1v) is 7.71. The third kappa shape index (κ3) is 2.54. The van der Waals surface area contributed by atoms with Gasteiger partial charge in [-0.2, -0.15) is 0 Å². The Morgan fingerprint density at radius 3 is 2.77 bits per heavy atom. The molecule has 3 rings (SSSR count). The second-order valence-corrected chi connectivity index (χ2v) is 5.55. The first-order valence-electron chi connectivity index (χ1n) is 7.71. The van der Waals surface area contributed by atoms with E-state index in [9.17, 15) is 4.79 Å². The van der Waals surface area contributed by atoms with Crippen LogP contribution in [0.2, 0.25) is 0 Å². The molecule has 1 aromatic heterocycles. The minimum Gasteiger partial charge on any atom is -0.328 e. The molecule has 0 bridgehead atoms. The summed E-state index contributed by atoms with van der Waals surface area (Å²) < 4.78 is 0. The predicted octanol–water partition coefficient (Wildman–Crippen LogP) is 3.85. The van der Waals surface area contributed by atoms with E-state index in [1.165, 1.54) is 0 Å².